The standard InChI is InChI=1S/C16H20N4O.ClH/c1-12-10-15(16(21)18-11-13-6-5-9-17-13)19-20(12)14-7-3-2-4-8-14;/h2-4,7-8,10,13,17H,5-6,9,11H2,1H3,(H,18,21);1H. The fraction of sp³-hybridized carbons (Fsp3) is 0.375. The van der Waals surface area contributed by atoms with Crippen molar-refractivity contribution in [3.05, 3.63) is 47.8 Å². The predicted octanol–water partition coefficient (Wildman–Crippen LogP) is 2.08. The predicted molar refractivity (Wildman–Crippen MR) is 88.9 cm³/mol. The molecule has 1 atom stereocenters. The minimum atomic E-state index is -0.110. The second kappa shape index (κ2) is 7.42. The molecule has 1 unspecified atom stereocenters. The minimum absolute atomic E-state index is 0. The van der Waals surface area contributed by atoms with Crippen LogP contribution in [0, 0.1) is 6.92 Å². The second-order valence-corrected chi connectivity index (χ2v) is 5.42. The van der Waals surface area contributed by atoms with Crippen molar-refractivity contribution in [2.45, 2.75) is 25.8 Å². The molecule has 1 aromatic carbocycles. The van der Waals surface area contributed by atoms with Gasteiger partial charge in [0.05, 0.1) is 5.69 Å². The molecule has 2 aromatic rings. The molecule has 2 heterocycles. The van der Waals surface area contributed by atoms with Crippen molar-refractivity contribution in [3.8, 4) is 5.69 Å². The molecule has 1 aromatic heterocycles. The molecule has 0 bridgehead atoms. The smallest absolute Gasteiger partial charge is 0.271 e. The number of amides is 1. The molecule has 5 nitrogen and oxygen atoms in total. The van der Waals surface area contributed by atoms with Gasteiger partial charge in [-0.2, -0.15) is 5.10 Å². The minimum Gasteiger partial charge on any atom is -0.349 e. The number of hydrogen-bond donors (Lipinski definition) is 2. The zero-order valence-corrected chi connectivity index (χ0v) is 13.4. The molecule has 3 rings (SSSR count). The summed E-state index contributed by atoms with van der Waals surface area (Å²) >= 11 is 0. The van der Waals surface area contributed by atoms with Crippen molar-refractivity contribution >= 4 is 18.3 Å². The molecule has 1 amide bonds. The average molecular weight is 321 g/mol. The van der Waals surface area contributed by atoms with Gasteiger partial charge in [-0.3, -0.25) is 4.79 Å². The molecule has 118 valence electrons. The topological polar surface area (TPSA) is 59.0 Å². The van der Waals surface area contributed by atoms with Crippen molar-refractivity contribution in [1.82, 2.24) is 20.4 Å². The van der Waals surface area contributed by atoms with Crippen molar-refractivity contribution in [3.63, 3.8) is 0 Å². The number of para-hydroxylation sites is 1. The molecule has 22 heavy (non-hydrogen) atoms. The quantitative estimate of drug-likeness (QED) is 0.907. The highest BCUT2D eigenvalue weighted by Crippen LogP contribution is 2.12. The summed E-state index contributed by atoms with van der Waals surface area (Å²) in [5.74, 6) is -0.110. The maximum Gasteiger partial charge on any atom is 0.271 e. The van der Waals surface area contributed by atoms with Crippen LogP contribution in [0.25, 0.3) is 5.69 Å². The number of carbonyl (C=O) groups is 1. The van der Waals surface area contributed by atoms with Crippen LogP contribution in [0.1, 0.15) is 29.0 Å². The van der Waals surface area contributed by atoms with Crippen LogP contribution in [0.15, 0.2) is 36.4 Å². The van der Waals surface area contributed by atoms with Crippen LogP contribution in [0.2, 0.25) is 0 Å². The monoisotopic (exact) mass is 320 g/mol. The Morgan fingerprint density at radius 1 is 1.41 bits per heavy atom. The molecule has 6 heteroatoms. The van der Waals surface area contributed by atoms with Gasteiger partial charge in [0.2, 0.25) is 0 Å². The van der Waals surface area contributed by atoms with E-state index < -0.39 is 0 Å². The van der Waals surface area contributed by atoms with Crippen LogP contribution in [-0.4, -0.2) is 34.8 Å². The maximum atomic E-state index is 12.2. The Kier molecular flexibility index (Phi) is 5.57. The lowest BCUT2D eigenvalue weighted by molar-refractivity contribution is 0.0945. The lowest BCUT2D eigenvalue weighted by Crippen LogP contribution is -2.37. The summed E-state index contributed by atoms with van der Waals surface area (Å²) in [5, 5.41) is 10.7. The van der Waals surface area contributed by atoms with Gasteiger partial charge in [-0.1, -0.05) is 18.2 Å². The third kappa shape index (κ3) is 3.67. The second-order valence-electron chi connectivity index (χ2n) is 5.42. The van der Waals surface area contributed by atoms with Gasteiger partial charge in [0, 0.05) is 18.3 Å². The van der Waals surface area contributed by atoms with Crippen molar-refractivity contribution in [1.29, 1.82) is 0 Å². The molecule has 1 fully saturated rings. The van der Waals surface area contributed by atoms with Gasteiger partial charge < -0.3 is 10.6 Å². The van der Waals surface area contributed by atoms with E-state index in [4.69, 9.17) is 0 Å². The van der Waals surface area contributed by atoms with E-state index in [1.807, 2.05) is 43.3 Å². The van der Waals surface area contributed by atoms with Gasteiger partial charge in [-0.05, 0) is 44.5 Å². The molecule has 1 saturated heterocycles. The maximum absolute atomic E-state index is 12.2. The van der Waals surface area contributed by atoms with Gasteiger partial charge in [0.1, 0.15) is 0 Å². The summed E-state index contributed by atoms with van der Waals surface area (Å²) in [7, 11) is 0. The molecular formula is C16H21ClN4O. The lowest BCUT2D eigenvalue weighted by Gasteiger charge is -2.10. The van der Waals surface area contributed by atoms with E-state index in [1.54, 1.807) is 4.68 Å². The first kappa shape index (κ1) is 16.5. The Morgan fingerprint density at radius 2 is 2.18 bits per heavy atom. The number of nitrogens with zero attached hydrogens (tertiary/aromatic N) is 2. The molecule has 2 N–H and O–H groups in total. The molecule has 0 aliphatic carbocycles. The number of aromatic nitrogens is 2. The highest BCUT2D eigenvalue weighted by Gasteiger charge is 2.17. The Morgan fingerprint density at radius 3 is 2.86 bits per heavy atom. The summed E-state index contributed by atoms with van der Waals surface area (Å²) in [6.07, 6.45) is 2.31. The van der Waals surface area contributed by atoms with Crippen LogP contribution in [0.5, 0.6) is 0 Å². The van der Waals surface area contributed by atoms with E-state index in [2.05, 4.69) is 15.7 Å². The highest BCUT2D eigenvalue weighted by molar-refractivity contribution is 5.92. The number of rotatable bonds is 4. The normalized spacial score (nSPS) is 17.0. The van der Waals surface area contributed by atoms with Gasteiger partial charge in [0.25, 0.3) is 5.91 Å². The number of nitrogens with one attached hydrogen (secondary N) is 2. The number of hydrogen-bond acceptors (Lipinski definition) is 3. The Labute approximate surface area is 136 Å². The highest BCUT2D eigenvalue weighted by atomic mass is 35.5. The van der Waals surface area contributed by atoms with Crippen LogP contribution in [0.4, 0.5) is 0 Å². The summed E-state index contributed by atoms with van der Waals surface area (Å²) in [6.45, 7) is 3.66. The molecule has 0 spiro atoms. The zero-order chi connectivity index (χ0) is 14.7. The van der Waals surface area contributed by atoms with E-state index in [-0.39, 0.29) is 18.3 Å². The van der Waals surface area contributed by atoms with E-state index in [0.717, 1.165) is 24.3 Å². The number of aryl methyl sites for hydroxylation is 1. The van der Waals surface area contributed by atoms with Gasteiger partial charge in [-0.15, -0.1) is 12.4 Å². The first-order valence-corrected chi connectivity index (χ1v) is 7.38. The van der Waals surface area contributed by atoms with Crippen LogP contribution in [0.3, 0.4) is 0 Å². The van der Waals surface area contributed by atoms with Crippen molar-refractivity contribution in [2.24, 2.45) is 0 Å². The van der Waals surface area contributed by atoms with Crippen LogP contribution in [-0.2, 0) is 0 Å². The fourth-order valence-electron chi connectivity index (χ4n) is 2.65. The summed E-state index contributed by atoms with van der Waals surface area (Å²) in [4.78, 5) is 12.2. The SMILES string of the molecule is Cc1cc(C(=O)NCC2CCCN2)nn1-c1ccccc1.Cl. The average Bonchev–Trinajstić information content (AvgIpc) is 3.15. The van der Waals surface area contributed by atoms with Gasteiger partial charge in [-0.25, -0.2) is 4.68 Å². The molecular weight excluding hydrogens is 300 g/mol. The third-order valence-electron chi connectivity index (χ3n) is 3.79. The van der Waals surface area contributed by atoms with Gasteiger partial charge >= 0.3 is 0 Å². The number of carbonyl (C=O) groups excluding carboxylic acids is 1. The van der Waals surface area contributed by atoms with E-state index >= 15 is 0 Å². The fourth-order valence-corrected chi connectivity index (χ4v) is 2.65. The summed E-state index contributed by atoms with van der Waals surface area (Å²) in [5.41, 5.74) is 2.38. The third-order valence-corrected chi connectivity index (χ3v) is 3.79. The Bertz CT molecular complexity index is 620. The van der Waals surface area contributed by atoms with E-state index in [0.29, 0.717) is 18.3 Å². The molecule has 0 saturated carbocycles. The Balaban J connectivity index is 0.00000176. The first-order valence-electron chi connectivity index (χ1n) is 7.38. The van der Waals surface area contributed by atoms with Crippen LogP contribution < -0.4 is 10.6 Å². The molecule has 1 aliphatic heterocycles. The lowest BCUT2D eigenvalue weighted by atomic mass is 10.2. The number of halogens is 1. The van der Waals surface area contributed by atoms with Crippen molar-refractivity contribution < 1.29 is 4.79 Å². The first-order chi connectivity index (χ1) is 10.2. The van der Waals surface area contributed by atoms with Gasteiger partial charge in [0.15, 0.2) is 5.69 Å². The van der Waals surface area contributed by atoms with Crippen molar-refractivity contribution in [2.75, 3.05) is 13.1 Å². The van der Waals surface area contributed by atoms with Crippen LogP contribution >= 0.6 is 12.4 Å². The molecule has 0 radical (unpaired) electrons. The summed E-state index contributed by atoms with van der Waals surface area (Å²) < 4.78 is 1.79. The largest absolute Gasteiger partial charge is 0.349 e. The number of benzene rings is 1. The van der Waals surface area contributed by atoms with E-state index in [1.165, 1.54) is 6.42 Å². The van der Waals surface area contributed by atoms with E-state index in [9.17, 15) is 4.79 Å². The zero-order valence-electron chi connectivity index (χ0n) is 12.6. The summed E-state index contributed by atoms with van der Waals surface area (Å²) in [6, 6.07) is 12.1. The Hall–Kier alpha value is -1.85. The molecule has 1 aliphatic rings.